The van der Waals surface area contributed by atoms with Gasteiger partial charge in [0.2, 0.25) is 0 Å². The quantitative estimate of drug-likeness (QED) is 0.711. The minimum atomic E-state index is -0.430. The molecule has 0 radical (unpaired) electrons. The highest BCUT2D eigenvalue weighted by Crippen LogP contribution is 2.28. The van der Waals surface area contributed by atoms with Gasteiger partial charge < -0.3 is 15.4 Å². The SMILES string of the molecule is COC(=O)c1ccc([C@H]2NC(=O)c3cnn(-c4ccccc4)c3N2)cc1. The van der Waals surface area contributed by atoms with Crippen molar-refractivity contribution in [1.29, 1.82) is 0 Å². The topological polar surface area (TPSA) is 85.2 Å². The lowest BCUT2D eigenvalue weighted by atomic mass is 10.1. The van der Waals surface area contributed by atoms with E-state index in [0.29, 0.717) is 16.9 Å². The van der Waals surface area contributed by atoms with E-state index < -0.39 is 12.1 Å². The molecule has 1 atom stereocenters. The molecule has 2 heterocycles. The van der Waals surface area contributed by atoms with E-state index in [9.17, 15) is 9.59 Å². The van der Waals surface area contributed by atoms with E-state index in [-0.39, 0.29) is 5.91 Å². The molecule has 2 N–H and O–H groups in total. The minimum absolute atomic E-state index is 0.206. The summed E-state index contributed by atoms with van der Waals surface area (Å²) in [6.45, 7) is 0. The molecule has 0 fully saturated rings. The average Bonchev–Trinajstić information content (AvgIpc) is 3.13. The van der Waals surface area contributed by atoms with E-state index in [1.165, 1.54) is 7.11 Å². The molecule has 0 spiro atoms. The summed E-state index contributed by atoms with van der Waals surface area (Å²) in [5.41, 5.74) is 2.61. The van der Waals surface area contributed by atoms with E-state index in [1.807, 2.05) is 30.3 Å². The second-order valence-electron chi connectivity index (χ2n) is 5.82. The number of nitrogens with zero attached hydrogens (tertiary/aromatic N) is 2. The molecule has 4 rings (SSSR count). The van der Waals surface area contributed by atoms with Gasteiger partial charge in [-0.25, -0.2) is 9.48 Å². The van der Waals surface area contributed by atoms with Gasteiger partial charge >= 0.3 is 5.97 Å². The van der Waals surface area contributed by atoms with Gasteiger partial charge in [-0.1, -0.05) is 30.3 Å². The highest BCUT2D eigenvalue weighted by Gasteiger charge is 2.28. The molecule has 1 amide bonds. The van der Waals surface area contributed by atoms with Crippen molar-refractivity contribution in [2.45, 2.75) is 6.17 Å². The smallest absolute Gasteiger partial charge is 0.337 e. The summed E-state index contributed by atoms with van der Waals surface area (Å²) in [4.78, 5) is 24.0. The van der Waals surface area contributed by atoms with E-state index in [1.54, 1.807) is 35.1 Å². The maximum absolute atomic E-state index is 12.5. The van der Waals surface area contributed by atoms with Crippen LogP contribution in [0.2, 0.25) is 0 Å². The largest absolute Gasteiger partial charge is 0.465 e. The Morgan fingerprint density at radius 3 is 2.50 bits per heavy atom. The van der Waals surface area contributed by atoms with Gasteiger partial charge in [0.15, 0.2) is 0 Å². The zero-order valence-electron chi connectivity index (χ0n) is 14.0. The van der Waals surface area contributed by atoms with E-state index >= 15 is 0 Å². The van der Waals surface area contributed by atoms with Crippen LogP contribution in [0.1, 0.15) is 32.4 Å². The Hall–Kier alpha value is -3.61. The Balaban J connectivity index is 1.66. The van der Waals surface area contributed by atoms with Crippen LogP contribution in [0.25, 0.3) is 5.69 Å². The van der Waals surface area contributed by atoms with E-state index in [0.717, 1.165) is 11.3 Å². The Morgan fingerprint density at radius 2 is 1.81 bits per heavy atom. The number of nitrogens with one attached hydrogen (secondary N) is 2. The molecule has 0 unspecified atom stereocenters. The molecule has 2 aromatic carbocycles. The number of para-hydroxylation sites is 1. The molecule has 7 nitrogen and oxygen atoms in total. The molecular formula is C19H16N4O3. The van der Waals surface area contributed by atoms with Crippen molar-refractivity contribution in [2.24, 2.45) is 0 Å². The fraction of sp³-hybridized carbons (Fsp3) is 0.105. The Kier molecular flexibility index (Phi) is 3.89. The van der Waals surface area contributed by atoms with Gasteiger partial charge in [-0.2, -0.15) is 5.10 Å². The van der Waals surface area contributed by atoms with Crippen molar-refractivity contribution >= 4 is 17.7 Å². The third kappa shape index (κ3) is 2.69. The number of carbonyl (C=O) groups is 2. The van der Waals surface area contributed by atoms with Crippen molar-refractivity contribution in [1.82, 2.24) is 15.1 Å². The van der Waals surface area contributed by atoms with Gasteiger partial charge in [0.1, 0.15) is 17.5 Å². The number of aromatic nitrogens is 2. The molecule has 26 heavy (non-hydrogen) atoms. The average molecular weight is 348 g/mol. The Morgan fingerprint density at radius 1 is 1.08 bits per heavy atom. The summed E-state index contributed by atoms with van der Waals surface area (Å²) in [5.74, 6) is 0.0200. The normalized spacial score (nSPS) is 15.6. The summed E-state index contributed by atoms with van der Waals surface area (Å²) >= 11 is 0. The zero-order chi connectivity index (χ0) is 18.1. The van der Waals surface area contributed by atoms with E-state index in [2.05, 4.69) is 15.7 Å². The second-order valence-corrected chi connectivity index (χ2v) is 5.82. The summed E-state index contributed by atoms with van der Waals surface area (Å²) in [7, 11) is 1.34. The van der Waals surface area contributed by atoms with Crippen molar-refractivity contribution in [3.63, 3.8) is 0 Å². The first-order valence-electron chi connectivity index (χ1n) is 8.06. The van der Waals surface area contributed by atoms with Crippen LogP contribution in [0.4, 0.5) is 5.82 Å². The number of esters is 1. The van der Waals surface area contributed by atoms with Gasteiger partial charge in [-0.3, -0.25) is 4.79 Å². The number of benzene rings is 2. The first kappa shape index (κ1) is 15.9. The van der Waals surface area contributed by atoms with Crippen LogP contribution in [-0.2, 0) is 4.74 Å². The number of amides is 1. The molecule has 1 aromatic heterocycles. The number of methoxy groups -OCH3 is 1. The Bertz CT molecular complexity index is 964. The third-order valence-electron chi connectivity index (χ3n) is 4.24. The molecule has 7 heteroatoms. The van der Waals surface area contributed by atoms with Gasteiger partial charge in [0.05, 0.1) is 24.6 Å². The highest BCUT2D eigenvalue weighted by atomic mass is 16.5. The Labute approximate surface area is 149 Å². The number of anilines is 1. The van der Waals surface area contributed by atoms with Gasteiger partial charge in [0, 0.05) is 0 Å². The molecule has 0 bridgehead atoms. The number of hydrogen-bond acceptors (Lipinski definition) is 5. The van der Waals surface area contributed by atoms with Gasteiger partial charge in [-0.15, -0.1) is 0 Å². The zero-order valence-corrected chi connectivity index (χ0v) is 14.0. The standard InChI is InChI=1S/C19H16N4O3/c1-26-19(25)13-9-7-12(8-10-13)16-21-17-15(18(24)22-16)11-20-23(17)14-5-3-2-4-6-14/h2-11,16,21H,1H3,(H,22,24)/t16-/m1/s1. The lowest BCUT2D eigenvalue weighted by Crippen LogP contribution is -2.38. The van der Waals surface area contributed by atoms with Crippen LogP contribution in [0, 0.1) is 0 Å². The number of hydrogen-bond donors (Lipinski definition) is 2. The molecule has 0 saturated carbocycles. The molecule has 1 aliphatic rings. The van der Waals surface area contributed by atoms with Gasteiger partial charge in [0.25, 0.3) is 5.91 Å². The maximum Gasteiger partial charge on any atom is 0.337 e. The third-order valence-corrected chi connectivity index (χ3v) is 4.24. The second kappa shape index (κ2) is 6.36. The van der Waals surface area contributed by atoms with Crippen molar-refractivity contribution < 1.29 is 14.3 Å². The number of fused-ring (bicyclic) bond motifs is 1. The first-order valence-corrected chi connectivity index (χ1v) is 8.06. The van der Waals surface area contributed by atoms with Crippen molar-refractivity contribution in [2.75, 3.05) is 12.4 Å². The number of rotatable bonds is 3. The number of carbonyl (C=O) groups excluding carboxylic acids is 2. The highest BCUT2D eigenvalue weighted by molar-refractivity contribution is 6.01. The molecule has 0 saturated heterocycles. The van der Waals surface area contributed by atoms with Crippen molar-refractivity contribution in [3.05, 3.63) is 77.5 Å². The lowest BCUT2D eigenvalue weighted by molar-refractivity contribution is 0.0600. The lowest BCUT2D eigenvalue weighted by Gasteiger charge is -2.27. The minimum Gasteiger partial charge on any atom is -0.465 e. The summed E-state index contributed by atoms with van der Waals surface area (Å²) in [5, 5.41) is 10.5. The van der Waals surface area contributed by atoms with Crippen LogP contribution in [0.3, 0.4) is 0 Å². The molecular weight excluding hydrogens is 332 g/mol. The van der Waals surface area contributed by atoms with Crippen LogP contribution in [0.15, 0.2) is 60.8 Å². The van der Waals surface area contributed by atoms with Crippen LogP contribution < -0.4 is 10.6 Å². The summed E-state index contributed by atoms with van der Waals surface area (Å²) in [6, 6.07) is 16.5. The maximum atomic E-state index is 12.5. The van der Waals surface area contributed by atoms with Crippen LogP contribution in [-0.4, -0.2) is 28.8 Å². The summed E-state index contributed by atoms with van der Waals surface area (Å²) in [6.07, 6.45) is 1.11. The van der Waals surface area contributed by atoms with Gasteiger partial charge in [-0.05, 0) is 29.8 Å². The van der Waals surface area contributed by atoms with Crippen LogP contribution >= 0.6 is 0 Å². The van der Waals surface area contributed by atoms with Crippen molar-refractivity contribution in [3.8, 4) is 5.69 Å². The van der Waals surface area contributed by atoms with E-state index in [4.69, 9.17) is 4.74 Å². The molecule has 0 aliphatic carbocycles. The first-order chi connectivity index (χ1) is 12.7. The van der Waals surface area contributed by atoms with Crippen LogP contribution in [0.5, 0.6) is 0 Å². The molecule has 130 valence electrons. The monoisotopic (exact) mass is 348 g/mol. The molecule has 3 aromatic rings. The number of ether oxygens (including phenoxy) is 1. The fourth-order valence-corrected chi connectivity index (χ4v) is 2.90. The predicted octanol–water partition coefficient (Wildman–Crippen LogP) is 2.51. The fourth-order valence-electron chi connectivity index (χ4n) is 2.90. The predicted molar refractivity (Wildman–Crippen MR) is 95.2 cm³/mol. The summed E-state index contributed by atoms with van der Waals surface area (Å²) < 4.78 is 6.40. The molecule has 1 aliphatic heterocycles.